The van der Waals surface area contributed by atoms with E-state index in [0.717, 1.165) is 16.7 Å². The molecule has 0 heterocycles. The molecule has 37 heavy (non-hydrogen) atoms. The smallest absolute Gasteiger partial charge is 0.338 e. The lowest BCUT2D eigenvalue weighted by molar-refractivity contribution is -0.140. The van der Waals surface area contributed by atoms with E-state index in [0.29, 0.717) is 34.0 Å². The highest BCUT2D eigenvalue weighted by Crippen LogP contribution is 2.35. The molecule has 0 aliphatic carbocycles. The third-order valence-corrected chi connectivity index (χ3v) is 4.85. The summed E-state index contributed by atoms with van der Waals surface area (Å²) in [4.78, 5) is 35.1. The molecule has 0 atom stereocenters. The van der Waals surface area contributed by atoms with Gasteiger partial charge in [-0.3, -0.25) is 0 Å². The summed E-state index contributed by atoms with van der Waals surface area (Å²) in [6.07, 6.45) is 0. The average Bonchev–Trinajstić information content (AvgIpc) is 2.85. The molecule has 0 aliphatic heterocycles. The van der Waals surface area contributed by atoms with Gasteiger partial charge in [0.2, 0.25) is 0 Å². The third kappa shape index (κ3) is 9.00. The van der Waals surface area contributed by atoms with Crippen molar-refractivity contribution in [2.24, 2.45) is 0 Å². The number of esters is 3. The van der Waals surface area contributed by atoms with Crippen molar-refractivity contribution in [1.29, 1.82) is 0 Å². The predicted octanol–water partition coefficient (Wildman–Crippen LogP) is 5.14. The standard InChI is InChI=1S/C29H32O8/c1-18(2)27(30)35-14-12-33-23-9-10-24(26(17-23)34-13-15-36-28(31)19(3)4)22-8-11-25(21(7)16-22)37-29(32)20(5)6/h8-11,16-17H,1,3,5,12-15H2,2,4,6-7H3. The first-order valence-corrected chi connectivity index (χ1v) is 11.5. The van der Waals surface area contributed by atoms with Gasteiger partial charge >= 0.3 is 17.9 Å². The van der Waals surface area contributed by atoms with Crippen molar-refractivity contribution in [3.8, 4) is 28.4 Å². The normalized spacial score (nSPS) is 10.2. The molecule has 8 nitrogen and oxygen atoms in total. The Bertz CT molecular complexity index is 1210. The SMILES string of the molecule is C=C(C)C(=O)OCCOc1ccc(-c2ccc(OC(=O)C(=C)C)c(C)c2)c(OCCOC(=O)C(=C)C)c1. The lowest BCUT2D eigenvalue weighted by Gasteiger charge is -2.16. The molecule has 196 valence electrons. The van der Waals surface area contributed by atoms with E-state index in [1.807, 2.05) is 19.1 Å². The molecule has 0 N–H and O–H groups in total. The maximum Gasteiger partial charge on any atom is 0.338 e. The molecule has 0 saturated carbocycles. The van der Waals surface area contributed by atoms with Crippen LogP contribution in [0.2, 0.25) is 0 Å². The topological polar surface area (TPSA) is 97.4 Å². The van der Waals surface area contributed by atoms with Crippen LogP contribution in [0, 0.1) is 6.92 Å². The molecule has 2 aromatic rings. The first-order valence-electron chi connectivity index (χ1n) is 11.5. The van der Waals surface area contributed by atoms with Gasteiger partial charge in [0.25, 0.3) is 0 Å². The zero-order valence-electron chi connectivity index (χ0n) is 21.7. The molecule has 0 unspecified atom stereocenters. The molecule has 0 aromatic heterocycles. The molecule has 2 rings (SSSR count). The largest absolute Gasteiger partial charge is 0.490 e. The van der Waals surface area contributed by atoms with Crippen LogP contribution in [0.1, 0.15) is 26.3 Å². The minimum absolute atomic E-state index is 0.0297. The second-order valence-electron chi connectivity index (χ2n) is 8.34. The summed E-state index contributed by atoms with van der Waals surface area (Å²) in [5.74, 6) is -0.0859. The van der Waals surface area contributed by atoms with E-state index < -0.39 is 17.9 Å². The Morgan fingerprint density at radius 1 is 0.676 bits per heavy atom. The monoisotopic (exact) mass is 508 g/mol. The van der Waals surface area contributed by atoms with E-state index >= 15 is 0 Å². The van der Waals surface area contributed by atoms with Gasteiger partial charge in [0.05, 0.1) is 0 Å². The molecule has 0 aliphatic rings. The van der Waals surface area contributed by atoms with Gasteiger partial charge in [0.15, 0.2) is 0 Å². The first kappa shape index (κ1) is 28.9. The van der Waals surface area contributed by atoms with Gasteiger partial charge in [-0.25, -0.2) is 14.4 Å². The number of carbonyl (C=O) groups excluding carboxylic acids is 3. The number of aryl methyl sites for hydroxylation is 1. The molecule has 8 heteroatoms. The number of hydrogen-bond acceptors (Lipinski definition) is 8. The summed E-state index contributed by atoms with van der Waals surface area (Å²) >= 11 is 0. The van der Waals surface area contributed by atoms with E-state index in [1.54, 1.807) is 45.0 Å². The van der Waals surface area contributed by atoms with Crippen molar-refractivity contribution >= 4 is 17.9 Å². The highest BCUT2D eigenvalue weighted by atomic mass is 16.6. The highest BCUT2D eigenvalue weighted by Gasteiger charge is 2.14. The van der Waals surface area contributed by atoms with Crippen molar-refractivity contribution in [1.82, 2.24) is 0 Å². The second kappa shape index (κ2) is 13.7. The molecule has 0 bridgehead atoms. The Labute approximate surface area is 217 Å². The molecule has 0 spiro atoms. The van der Waals surface area contributed by atoms with E-state index in [1.165, 1.54) is 0 Å². The Hall–Kier alpha value is -4.33. The van der Waals surface area contributed by atoms with Gasteiger partial charge in [-0.1, -0.05) is 25.8 Å². The highest BCUT2D eigenvalue weighted by molar-refractivity contribution is 5.89. The van der Waals surface area contributed by atoms with E-state index in [9.17, 15) is 14.4 Å². The van der Waals surface area contributed by atoms with E-state index in [4.69, 9.17) is 23.7 Å². The van der Waals surface area contributed by atoms with E-state index in [-0.39, 0.29) is 26.4 Å². The minimum Gasteiger partial charge on any atom is -0.490 e. The van der Waals surface area contributed by atoms with Crippen LogP contribution >= 0.6 is 0 Å². The molecule has 0 fully saturated rings. The van der Waals surface area contributed by atoms with Gasteiger partial charge in [0.1, 0.15) is 43.7 Å². The maximum atomic E-state index is 11.9. The minimum atomic E-state index is -0.500. The molecule has 2 aromatic carbocycles. The summed E-state index contributed by atoms with van der Waals surface area (Å²) < 4.78 is 27.1. The van der Waals surface area contributed by atoms with Crippen LogP contribution in [0.3, 0.4) is 0 Å². The number of ether oxygens (including phenoxy) is 5. The number of hydrogen-bond donors (Lipinski definition) is 0. The third-order valence-electron chi connectivity index (χ3n) is 4.85. The fourth-order valence-corrected chi connectivity index (χ4v) is 2.90. The lowest BCUT2D eigenvalue weighted by atomic mass is 10.0. The van der Waals surface area contributed by atoms with Crippen LogP contribution in [-0.4, -0.2) is 44.3 Å². The van der Waals surface area contributed by atoms with Crippen LogP contribution in [0.15, 0.2) is 72.9 Å². The quantitative estimate of drug-likeness (QED) is 0.159. The molecule has 0 radical (unpaired) electrons. The number of carbonyl (C=O) groups is 3. The van der Waals surface area contributed by atoms with Crippen molar-refractivity contribution < 1.29 is 38.1 Å². The maximum absolute atomic E-state index is 11.9. The molecular formula is C29H32O8. The van der Waals surface area contributed by atoms with Crippen LogP contribution in [0.5, 0.6) is 17.2 Å². The zero-order chi connectivity index (χ0) is 27.5. The van der Waals surface area contributed by atoms with E-state index in [2.05, 4.69) is 19.7 Å². The molecule has 0 saturated heterocycles. The zero-order valence-corrected chi connectivity index (χ0v) is 21.7. The summed E-state index contributed by atoms with van der Waals surface area (Å²) in [6, 6.07) is 10.6. The summed E-state index contributed by atoms with van der Waals surface area (Å²) in [5.41, 5.74) is 3.20. The van der Waals surface area contributed by atoms with Crippen LogP contribution < -0.4 is 14.2 Å². The fourth-order valence-electron chi connectivity index (χ4n) is 2.90. The van der Waals surface area contributed by atoms with Crippen molar-refractivity contribution in [3.05, 3.63) is 78.4 Å². The fraction of sp³-hybridized carbons (Fsp3) is 0.276. The number of rotatable bonds is 13. The van der Waals surface area contributed by atoms with Gasteiger partial charge in [-0.15, -0.1) is 0 Å². The van der Waals surface area contributed by atoms with Crippen molar-refractivity contribution in [3.63, 3.8) is 0 Å². The summed E-state index contributed by atoms with van der Waals surface area (Å²) in [5, 5.41) is 0. The van der Waals surface area contributed by atoms with Crippen LogP contribution in [-0.2, 0) is 23.9 Å². The molecule has 0 amide bonds. The first-order chi connectivity index (χ1) is 17.5. The van der Waals surface area contributed by atoms with Gasteiger partial charge < -0.3 is 23.7 Å². The Kier molecular flexibility index (Phi) is 10.7. The van der Waals surface area contributed by atoms with Crippen LogP contribution in [0.4, 0.5) is 0 Å². The Morgan fingerprint density at radius 2 is 1.24 bits per heavy atom. The van der Waals surface area contributed by atoms with Crippen LogP contribution in [0.25, 0.3) is 11.1 Å². The Morgan fingerprint density at radius 3 is 1.78 bits per heavy atom. The van der Waals surface area contributed by atoms with Crippen molar-refractivity contribution in [2.45, 2.75) is 27.7 Å². The average molecular weight is 509 g/mol. The molecular weight excluding hydrogens is 476 g/mol. The lowest BCUT2D eigenvalue weighted by Crippen LogP contribution is -2.13. The second-order valence-corrected chi connectivity index (χ2v) is 8.34. The van der Waals surface area contributed by atoms with Gasteiger partial charge in [-0.05, 0) is 63.1 Å². The predicted molar refractivity (Wildman–Crippen MR) is 140 cm³/mol. The number of benzene rings is 2. The Balaban J connectivity index is 2.22. The van der Waals surface area contributed by atoms with Gasteiger partial charge in [-0.2, -0.15) is 0 Å². The summed E-state index contributed by atoms with van der Waals surface area (Å²) in [7, 11) is 0. The van der Waals surface area contributed by atoms with Gasteiger partial charge in [0, 0.05) is 28.3 Å². The summed E-state index contributed by atoms with van der Waals surface area (Å²) in [6.45, 7) is 17.5. The van der Waals surface area contributed by atoms with Crippen molar-refractivity contribution in [2.75, 3.05) is 26.4 Å².